The van der Waals surface area contributed by atoms with E-state index in [4.69, 9.17) is 11.6 Å². The van der Waals surface area contributed by atoms with Gasteiger partial charge >= 0.3 is 0 Å². The summed E-state index contributed by atoms with van der Waals surface area (Å²) >= 11 is 7.26. The Kier molecular flexibility index (Phi) is 5.96. The van der Waals surface area contributed by atoms with E-state index in [0.717, 1.165) is 23.1 Å². The van der Waals surface area contributed by atoms with E-state index in [1.165, 1.54) is 11.8 Å². The molecule has 26 heavy (non-hydrogen) atoms. The SMILES string of the molecule is CCn1c(S[C@H](C)C(=O)Nc2ccc(Cl)cc2)nnc1-c1ccccc1. The molecule has 0 bridgehead atoms. The summed E-state index contributed by atoms with van der Waals surface area (Å²) in [4.78, 5) is 12.5. The van der Waals surface area contributed by atoms with Gasteiger partial charge in [-0.2, -0.15) is 0 Å². The Bertz CT molecular complexity index is 880. The Morgan fingerprint density at radius 1 is 1.15 bits per heavy atom. The molecule has 0 aliphatic rings. The van der Waals surface area contributed by atoms with Gasteiger partial charge in [0.25, 0.3) is 0 Å². The highest BCUT2D eigenvalue weighted by atomic mass is 35.5. The van der Waals surface area contributed by atoms with Crippen molar-refractivity contribution in [3.05, 3.63) is 59.6 Å². The number of amides is 1. The molecule has 0 spiro atoms. The van der Waals surface area contributed by atoms with E-state index >= 15 is 0 Å². The lowest BCUT2D eigenvalue weighted by atomic mass is 10.2. The summed E-state index contributed by atoms with van der Waals surface area (Å²) in [5.41, 5.74) is 1.72. The second-order valence-corrected chi connectivity index (χ2v) is 7.42. The molecular weight excluding hydrogens is 368 g/mol. The first-order chi connectivity index (χ1) is 12.6. The largest absolute Gasteiger partial charge is 0.325 e. The summed E-state index contributed by atoms with van der Waals surface area (Å²) in [5.74, 6) is 0.713. The lowest BCUT2D eigenvalue weighted by molar-refractivity contribution is -0.115. The Morgan fingerprint density at radius 3 is 2.50 bits per heavy atom. The summed E-state index contributed by atoms with van der Waals surface area (Å²) in [6.45, 7) is 4.62. The van der Waals surface area contributed by atoms with Crippen molar-refractivity contribution >= 4 is 35.0 Å². The zero-order chi connectivity index (χ0) is 18.5. The van der Waals surface area contributed by atoms with Crippen molar-refractivity contribution in [2.75, 3.05) is 5.32 Å². The lowest BCUT2D eigenvalue weighted by Gasteiger charge is -2.13. The third-order valence-corrected chi connectivity index (χ3v) is 5.16. The van der Waals surface area contributed by atoms with Crippen LogP contribution < -0.4 is 5.32 Å². The number of halogens is 1. The van der Waals surface area contributed by atoms with Crippen LogP contribution in [0.5, 0.6) is 0 Å². The fourth-order valence-corrected chi connectivity index (χ4v) is 3.49. The molecule has 134 valence electrons. The summed E-state index contributed by atoms with van der Waals surface area (Å²) < 4.78 is 2.02. The summed E-state index contributed by atoms with van der Waals surface area (Å²) in [5, 5.41) is 12.5. The Labute approximate surface area is 161 Å². The highest BCUT2D eigenvalue weighted by Crippen LogP contribution is 2.27. The smallest absolute Gasteiger partial charge is 0.237 e. The van der Waals surface area contributed by atoms with Crippen molar-refractivity contribution in [3.63, 3.8) is 0 Å². The minimum absolute atomic E-state index is 0.0933. The lowest BCUT2D eigenvalue weighted by Crippen LogP contribution is -2.22. The first-order valence-electron chi connectivity index (χ1n) is 8.30. The number of nitrogens with zero attached hydrogens (tertiary/aromatic N) is 3. The van der Waals surface area contributed by atoms with Gasteiger partial charge in [-0.15, -0.1) is 10.2 Å². The van der Waals surface area contributed by atoms with Gasteiger partial charge in [-0.3, -0.25) is 4.79 Å². The van der Waals surface area contributed by atoms with Gasteiger partial charge in [0.05, 0.1) is 5.25 Å². The zero-order valence-corrected chi connectivity index (χ0v) is 16.1. The Hall–Kier alpha value is -2.31. The predicted molar refractivity (Wildman–Crippen MR) is 107 cm³/mol. The molecule has 0 unspecified atom stereocenters. The van der Waals surface area contributed by atoms with Crippen LogP contribution >= 0.6 is 23.4 Å². The highest BCUT2D eigenvalue weighted by molar-refractivity contribution is 8.00. The van der Waals surface area contributed by atoms with Gasteiger partial charge in [0.1, 0.15) is 0 Å². The second-order valence-electron chi connectivity index (χ2n) is 5.67. The van der Waals surface area contributed by atoms with Crippen LogP contribution in [0.25, 0.3) is 11.4 Å². The molecule has 1 heterocycles. The molecule has 0 radical (unpaired) electrons. The van der Waals surface area contributed by atoms with Gasteiger partial charge in [0.2, 0.25) is 5.91 Å². The van der Waals surface area contributed by atoms with E-state index in [0.29, 0.717) is 10.7 Å². The third-order valence-electron chi connectivity index (χ3n) is 3.83. The molecule has 0 saturated carbocycles. The Balaban J connectivity index is 1.73. The van der Waals surface area contributed by atoms with Gasteiger partial charge in [-0.1, -0.05) is 53.7 Å². The molecule has 7 heteroatoms. The molecule has 0 aliphatic heterocycles. The van der Waals surface area contributed by atoms with Crippen molar-refractivity contribution in [1.29, 1.82) is 0 Å². The molecule has 1 aromatic heterocycles. The molecule has 3 aromatic rings. The zero-order valence-electron chi connectivity index (χ0n) is 14.5. The molecule has 2 aromatic carbocycles. The topological polar surface area (TPSA) is 59.8 Å². The highest BCUT2D eigenvalue weighted by Gasteiger charge is 2.20. The molecule has 0 saturated heterocycles. The number of anilines is 1. The number of hydrogen-bond acceptors (Lipinski definition) is 4. The minimum Gasteiger partial charge on any atom is -0.325 e. The predicted octanol–water partition coefficient (Wildman–Crippen LogP) is 4.74. The molecule has 5 nitrogen and oxygen atoms in total. The number of thioether (sulfide) groups is 1. The number of aromatic nitrogens is 3. The first kappa shape index (κ1) is 18.5. The molecule has 3 rings (SSSR count). The van der Waals surface area contributed by atoms with Gasteiger partial charge in [0.15, 0.2) is 11.0 Å². The van der Waals surface area contributed by atoms with Crippen molar-refractivity contribution in [3.8, 4) is 11.4 Å². The van der Waals surface area contributed by atoms with Crippen LogP contribution in [0.2, 0.25) is 5.02 Å². The third kappa shape index (κ3) is 4.26. The quantitative estimate of drug-likeness (QED) is 0.622. The normalized spacial score (nSPS) is 12.0. The monoisotopic (exact) mass is 386 g/mol. The summed E-state index contributed by atoms with van der Waals surface area (Å²) in [6.07, 6.45) is 0. The maximum atomic E-state index is 12.5. The van der Waals surface area contributed by atoms with Crippen molar-refractivity contribution in [2.45, 2.75) is 30.8 Å². The maximum absolute atomic E-state index is 12.5. The molecule has 1 N–H and O–H groups in total. The van der Waals surface area contributed by atoms with Crippen LogP contribution in [0.4, 0.5) is 5.69 Å². The van der Waals surface area contributed by atoms with Crippen molar-refractivity contribution in [1.82, 2.24) is 14.8 Å². The number of benzene rings is 2. The van der Waals surface area contributed by atoms with E-state index < -0.39 is 0 Å². The molecule has 1 atom stereocenters. The first-order valence-corrected chi connectivity index (χ1v) is 9.56. The average Bonchev–Trinajstić information content (AvgIpc) is 3.06. The fourth-order valence-electron chi connectivity index (χ4n) is 2.45. The molecule has 1 amide bonds. The molecule has 0 aliphatic carbocycles. The van der Waals surface area contributed by atoms with Gasteiger partial charge in [-0.05, 0) is 38.1 Å². The number of hydrogen-bond donors (Lipinski definition) is 1. The van der Waals surface area contributed by atoms with Crippen LogP contribution in [0, 0.1) is 0 Å². The van der Waals surface area contributed by atoms with Crippen LogP contribution in [0.15, 0.2) is 59.8 Å². The standard InChI is InChI=1S/C19H19ClN4OS/c1-3-24-17(14-7-5-4-6-8-14)22-23-19(24)26-13(2)18(25)21-16-11-9-15(20)10-12-16/h4-13H,3H2,1-2H3,(H,21,25)/t13-/m1/s1. The van der Waals surface area contributed by atoms with Crippen LogP contribution in [0.1, 0.15) is 13.8 Å². The van der Waals surface area contributed by atoms with Gasteiger partial charge in [-0.25, -0.2) is 0 Å². The average molecular weight is 387 g/mol. The van der Waals surface area contributed by atoms with Crippen LogP contribution in [-0.2, 0) is 11.3 Å². The number of rotatable bonds is 6. The van der Waals surface area contributed by atoms with E-state index in [-0.39, 0.29) is 11.2 Å². The van der Waals surface area contributed by atoms with Crippen LogP contribution in [0.3, 0.4) is 0 Å². The number of carbonyl (C=O) groups excluding carboxylic acids is 1. The fraction of sp³-hybridized carbons (Fsp3) is 0.211. The summed E-state index contributed by atoms with van der Waals surface area (Å²) in [6, 6.07) is 17.0. The summed E-state index contributed by atoms with van der Waals surface area (Å²) in [7, 11) is 0. The number of nitrogens with one attached hydrogen (secondary N) is 1. The van der Waals surface area contributed by atoms with E-state index in [9.17, 15) is 4.79 Å². The van der Waals surface area contributed by atoms with Gasteiger partial charge in [0, 0.05) is 22.8 Å². The second kappa shape index (κ2) is 8.38. The van der Waals surface area contributed by atoms with Crippen molar-refractivity contribution in [2.24, 2.45) is 0 Å². The molecular formula is C19H19ClN4OS. The van der Waals surface area contributed by atoms with Crippen LogP contribution in [-0.4, -0.2) is 25.9 Å². The number of carbonyl (C=O) groups is 1. The minimum atomic E-state index is -0.316. The van der Waals surface area contributed by atoms with Gasteiger partial charge < -0.3 is 9.88 Å². The maximum Gasteiger partial charge on any atom is 0.237 e. The molecule has 0 fully saturated rings. The van der Waals surface area contributed by atoms with Crippen molar-refractivity contribution < 1.29 is 4.79 Å². The van der Waals surface area contributed by atoms with E-state index in [2.05, 4.69) is 15.5 Å². The Morgan fingerprint density at radius 2 is 1.85 bits per heavy atom. The van der Waals surface area contributed by atoms with E-state index in [1.807, 2.05) is 48.7 Å². The van der Waals surface area contributed by atoms with E-state index in [1.54, 1.807) is 24.3 Å².